The van der Waals surface area contributed by atoms with Crippen molar-refractivity contribution in [1.29, 1.82) is 0 Å². The van der Waals surface area contributed by atoms with Crippen molar-refractivity contribution in [2.45, 2.75) is 42.7 Å². The van der Waals surface area contributed by atoms with Crippen molar-refractivity contribution in [3.05, 3.63) is 35.9 Å². The molecule has 2 saturated heterocycles. The number of rotatable bonds is 7. The summed E-state index contributed by atoms with van der Waals surface area (Å²) in [5.74, 6) is -0.00568. The number of sulfonamides is 1. The SMILES string of the molecule is O=C(/C=C/c1ccc(S(=O)(=O)NC2CC2)cc1)N1CCN(CC2CCCO2)CC1. The number of amides is 1. The molecule has 3 fully saturated rings. The number of piperazine rings is 1. The topological polar surface area (TPSA) is 79.0 Å². The second-order valence-corrected chi connectivity index (χ2v) is 9.77. The molecule has 2 heterocycles. The Hall–Kier alpha value is -1.74. The minimum atomic E-state index is -3.44. The monoisotopic (exact) mass is 419 g/mol. The van der Waals surface area contributed by atoms with Crippen molar-refractivity contribution in [2.75, 3.05) is 39.3 Å². The molecule has 29 heavy (non-hydrogen) atoms. The Morgan fingerprint density at radius 2 is 1.83 bits per heavy atom. The lowest BCUT2D eigenvalue weighted by atomic mass is 10.2. The minimum Gasteiger partial charge on any atom is -0.377 e. The molecule has 1 N–H and O–H groups in total. The van der Waals surface area contributed by atoms with Crippen molar-refractivity contribution in [3.8, 4) is 0 Å². The van der Waals surface area contributed by atoms with Crippen LogP contribution in [0.4, 0.5) is 0 Å². The first-order chi connectivity index (χ1) is 14.0. The predicted octanol–water partition coefficient (Wildman–Crippen LogP) is 1.46. The maximum Gasteiger partial charge on any atom is 0.246 e. The van der Waals surface area contributed by atoms with Gasteiger partial charge in [0.15, 0.2) is 0 Å². The van der Waals surface area contributed by atoms with E-state index >= 15 is 0 Å². The summed E-state index contributed by atoms with van der Waals surface area (Å²) in [5, 5.41) is 0. The summed E-state index contributed by atoms with van der Waals surface area (Å²) >= 11 is 0. The van der Waals surface area contributed by atoms with Crippen LogP contribution in [-0.4, -0.2) is 75.6 Å². The highest BCUT2D eigenvalue weighted by molar-refractivity contribution is 7.89. The molecule has 0 aromatic heterocycles. The molecular formula is C21H29N3O4S. The zero-order valence-electron chi connectivity index (χ0n) is 16.6. The Kier molecular flexibility index (Phi) is 6.34. The number of carbonyl (C=O) groups excluding carboxylic acids is 1. The highest BCUT2D eigenvalue weighted by Gasteiger charge is 2.28. The summed E-state index contributed by atoms with van der Waals surface area (Å²) in [5.41, 5.74) is 0.806. The van der Waals surface area contributed by atoms with Crippen molar-refractivity contribution < 1.29 is 17.9 Å². The van der Waals surface area contributed by atoms with Crippen molar-refractivity contribution >= 4 is 22.0 Å². The van der Waals surface area contributed by atoms with E-state index < -0.39 is 10.0 Å². The van der Waals surface area contributed by atoms with E-state index in [-0.39, 0.29) is 16.8 Å². The number of ether oxygens (including phenoxy) is 1. The van der Waals surface area contributed by atoms with Crippen LogP contribution in [0, 0.1) is 0 Å². The quantitative estimate of drug-likeness (QED) is 0.677. The maximum atomic E-state index is 12.5. The van der Waals surface area contributed by atoms with Gasteiger partial charge in [-0.15, -0.1) is 0 Å². The highest BCUT2D eigenvalue weighted by Crippen LogP contribution is 2.22. The number of carbonyl (C=O) groups is 1. The third-order valence-corrected chi connectivity index (χ3v) is 7.21. The zero-order valence-corrected chi connectivity index (χ0v) is 17.4. The van der Waals surface area contributed by atoms with Crippen LogP contribution in [0.25, 0.3) is 6.08 Å². The van der Waals surface area contributed by atoms with E-state index in [4.69, 9.17) is 4.74 Å². The van der Waals surface area contributed by atoms with Crippen LogP contribution in [0.15, 0.2) is 35.2 Å². The Balaban J connectivity index is 1.26. The molecule has 7 nitrogen and oxygen atoms in total. The first-order valence-corrected chi connectivity index (χ1v) is 11.9. The van der Waals surface area contributed by atoms with E-state index in [1.807, 2.05) is 4.90 Å². The van der Waals surface area contributed by atoms with Crippen molar-refractivity contribution in [2.24, 2.45) is 0 Å². The molecule has 4 rings (SSSR count). The smallest absolute Gasteiger partial charge is 0.246 e. The number of benzene rings is 1. The maximum absolute atomic E-state index is 12.5. The fraction of sp³-hybridized carbons (Fsp3) is 0.571. The third kappa shape index (κ3) is 5.66. The summed E-state index contributed by atoms with van der Waals surface area (Å²) in [7, 11) is -3.44. The molecule has 8 heteroatoms. The van der Waals surface area contributed by atoms with Crippen LogP contribution in [0.1, 0.15) is 31.2 Å². The summed E-state index contributed by atoms with van der Waals surface area (Å²) in [4.78, 5) is 17.0. The Morgan fingerprint density at radius 3 is 2.45 bits per heavy atom. The van der Waals surface area contributed by atoms with Gasteiger partial charge < -0.3 is 9.64 Å². The van der Waals surface area contributed by atoms with E-state index in [1.165, 1.54) is 0 Å². The van der Waals surface area contributed by atoms with Gasteiger partial charge in [-0.1, -0.05) is 12.1 Å². The minimum absolute atomic E-state index is 0.00568. The van der Waals surface area contributed by atoms with Gasteiger partial charge in [0.05, 0.1) is 11.0 Å². The van der Waals surface area contributed by atoms with E-state index in [9.17, 15) is 13.2 Å². The Morgan fingerprint density at radius 1 is 1.10 bits per heavy atom. The van der Waals surface area contributed by atoms with Crippen LogP contribution < -0.4 is 4.72 Å². The van der Waals surface area contributed by atoms with Gasteiger partial charge in [-0.2, -0.15) is 0 Å². The van der Waals surface area contributed by atoms with Gasteiger partial charge in [0, 0.05) is 51.4 Å². The summed E-state index contributed by atoms with van der Waals surface area (Å²) in [6.07, 6.45) is 7.77. The highest BCUT2D eigenvalue weighted by atomic mass is 32.2. The molecule has 1 aromatic carbocycles. The van der Waals surface area contributed by atoms with Gasteiger partial charge >= 0.3 is 0 Å². The van der Waals surface area contributed by atoms with Gasteiger partial charge in [-0.3, -0.25) is 9.69 Å². The number of nitrogens with one attached hydrogen (secondary N) is 1. The molecule has 0 spiro atoms. The number of nitrogens with zero attached hydrogens (tertiary/aromatic N) is 2. The number of hydrogen-bond donors (Lipinski definition) is 1. The third-order valence-electron chi connectivity index (χ3n) is 5.68. The molecule has 3 aliphatic rings. The van der Waals surface area contributed by atoms with E-state index in [0.29, 0.717) is 6.10 Å². The second-order valence-electron chi connectivity index (χ2n) is 8.06. The van der Waals surface area contributed by atoms with Crippen LogP contribution in [0.3, 0.4) is 0 Å². The lowest BCUT2D eigenvalue weighted by Gasteiger charge is -2.35. The van der Waals surface area contributed by atoms with Gasteiger partial charge in [-0.25, -0.2) is 13.1 Å². The van der Waals surface area contributed by atoms with E-state index in [1.54, 1.807) is 36.4 Å². The largest absolute Gasteiger partial charge is 0.377 e. The fourth-order valence-electron chi connectivity index (χ4n) is 3.75. The van der Waals surface area contributed by atoms with Gasteiger partial charge in [-0.05, 0) is 49.5 Å². The molecule has 1 amide bonds. The average Bonchev–Trinajstić information content (AvgIpc) is 3.37. The van der Waals surface area contributed by atoms with Gasteiger partial charge in [0.25, 0.3) is 0 Å². The number of hydrogen-bond acceptors (Lipinski definition) is 5. The molecule has 1 saturated carbocycles. The fourth-order valence-corrected chi connectivity index (χ4v) is 5.05. The van der Waals surface area contributed by atoms with Gasteiger partial charge in [0.1, 0.15) is 0 Å². The molecule has 2 aliphatic heterocycles. The lowest BCUT2D eigenvalue weighted by Crippen LogP contribution is -2.50. The Labute approximate surface area is 172 Å². The molecule has 158 valence electrons. The second kappa shape index (κ2) is 8.95. The van der Waals surface area contributed by atoms with Crippen LogP contribution in [0.5, 0.6) is 0 Å². The molecule has 0 radical (unpaired) electrons. The lowest BCUT2D eigenvalue weighted by molar-refractivity contribution is -0.127. The van der Waals surface area contributed by atoms with Crippen LogP contribution >= 0.6 is 0 Å². The summed E-state index contributed by atoms with van der Waals surface area (Å²) in [6.45, 7) is 5.03. The standard InChI is InChI=1S/C21H29N3O4S/c25-21(24-13-11-23(12-14-24)16-19-2-1-15-28-19)10-5-17-3-8-20(9-4-17)29(26,27)22-18-6-7-18/h3-5,8-10,18-19,22H,1-2,6-7,11-16H2/b10-5+. The molecule has 0 bridgehead atoms. The van der Waals surface area contributed by atoms with Crippen LogP contribution in [-0.2, 0) is 19.6 Å². The molecular weight excluding hydrogens is 390 g/mol. The molecule has 1 atom stereocenters. The molecule has 1 unspecified atom stereocenters. The van der Waals surface area contributed by atoms with Crippen molar-refractivity contribution in [3.63, 3.8) is 0 Å². The first-order valence-electron chi connectivity index (χ1n) is 10.4. The van der Waals surface area contributed by atoms with Gasteiger partial charge in [0.2, 0.25) is 15.9 Å². The first kappa shape index (κ1) is 20.5. The van der Waals surface area contributed by atoms with Crippen LogP contribution in [0.2, 0.25) is 0 Å². The molecule has 1 aromatic rings. The summed E-state index contributed by atoms with van der Waals surface area (Å²) in [6, 6.07) is 6.70. The average molecular weight is 420 g/mol. The van der Waals surface area contributed by atoms with E-state index in [2.05, 4.69) is 9.62 Å². The predicted molar refractivity (Wildman–Crippen MR) is 111 cm³/mol. The summed E-state index contributed by atoms with van der Waals surface area (Å²) < 4.78 is 32.8. The molecule has 1 aliphatic carbocycles. The van der Waals surface area contributed by atoms with Crippen molar-refractivity contribution in [1.82, 2.24) is 14.5 Å². The normalized spacial score (nSPS) is 23.7. The van der Waals surface area contributed by atoms with E-state index in [0.717, 1.165) is 70.6 Å². The zero-order chi connectivity index (χ0) is 20.3. The Bertz CT molecular complexity index is 835.